The molecule has 0 aliphatic carbocycles. The first-order valence-electron chi connectivity index (χ1n) is 8.14. The van der Waals surface area contributed by atoms with Crippen LogP contribution in [0.3, 0.4) is 0 Å². The van der Waals surface area contributed by atoms with Crippen LogP contribution in [0.5, 0.6) is 11.5 Å². The third kappa shape index (κ3) is 3.93. The highest BCUT2D eigenvalue weighted by Crippen LogP contribution is 2.32. The number of allylic oxidation sites excluding steroid dienone is 1. The standard InChI is InChI=1S/C17H24N2O3/c1-14(18-21-12-11-19-9-5-2-6-10-19)17-13-20-15-7-3-4-8-16(15)22-17/h3-4,7-8,18H,2,5-6,9-13H2,1H3/p+1/b17-14+. The van der Waals surface area contributed by atoms with Gasteiger partial charge in [0, 0.05) is 0 Å². The molecule has 0 spiro atoms. The maximum atomic E-state index is 5.85. The molecule has 2 aliphatic heterocycles. The Labute approximate surface area is 131 Å². The number of para-hydroxylation sites is 2. The first-order valence-corrected chi connectivity index (χ1v) is 8.14. The van der Waals surface area contributed by atoms with Crippen LogP contribution in [0.25, 0.3) is 0 Å². The molecule has 0 unspecified atom stereocenters. The van der Waals surface area contributed by atoms with Gasteiger partial charge in [-0.25, -0.2) is 0 Å². The predicted molar refractivity (Wildman–Crippen MR) is 83.8 cm³/mol. The van der Waals surface area contributed by atoms with Crippen LogP contribution in [0.2, 0.25) is 0 Å². The van der Waals surface area contributed by atoms with Crippen molar-refractivity contribution in [2.75, 3.05) is 32.8 Å². The van der Waals surface area contributed by atoms with Crippen LogP contribution in [-0.2, 0) is 4.84 Å². The minimum absolute atomic E-state index is 0.427. The SMILES string of the molecule is C/C(NOCC[NH+]1CCCCC1)=C1/COc2ccccc2O1. The number of benzene rings is 1. The van der Waals surface area contributed by atoms with Crippen LogP contribution < -0.4 is 19.9 Å². The van der Waals surface area contributed by atoms with Gasteiger partial charge in [-0.05, 0) is 38.3 Å². The molecule has 22 heavy (non-hydrogen) atoms. The van der Waals surface area contributed by atoms with Crippen molar-refractivity contribution in [3.8, 4) is 11.5 Å². The van der Waals surface area contributed by atoms with E-state index in [0.29, 0.717) is 13.2 Å². The second-order valence-corrected chi connectivity index (χ2v) is 5.90. The summed E-state index contributed by atoms with van der Waals surface area (Å²) in [7, 11) is 0. The van der Waals surface area contributed by atoms with Crippen molar-refractivity contribution in [1.29, 1.82) is 0 Å². The number of hydrogen-bond acceptors (Lipinski definition) is 4. The minimum atomic E-state index is 0.427. The molecule has 5 nitrogen and oxygen atoms in total. The lowest BCUT2D eigenvalue weighted by atomic mass is 10.1. The molecule has 0 radical (unpaired) electrons. The Balaban J connectivity index is 1.44. The maximum Gasteiger partial charge on any atom is 0.169 e. The summed E-state index contributed by atoms with van der Waals surface area (Å²) in [5.74, 6) is 2.31. The molecule has 1 aromatic rings. The van der Waals surface area contributed by atoms with E-state index < -0.39 is 0 Å². The fourth-order valence-corrected chi connectivity index (χ4v) is 2.86. The summed E-state index contributed by atoms with van der Waals surface area (Å²) in [5.41, 5.74) is 3.85. The zero-order valence-electron chi connectivity index (χ0n) is 13.2. The summed E-state index contributed by atoms with van der Waals surface area (Å²) in [6.07, 6.45) is 4.07. The quantitative estimate of drug-likeness (QED) is 0.635. The second kappa shape index (κ2) is 7.51. The Morgan fingerprint density at radius 3 is 2.77 bits per heavy atom. The fourth-order valence-electron chi connectivity index (χ4n) is 2.86. The zero-order valence-corrected chi connectivity index (χ0v) is 13.2. The Morgan fingerprint density at radius 2 is 1.95 bits per heavy atom. The summed E-state index contributed by atoms with van der Waals surface area (Å²) >= 11 is 0. The third-order valence-electron chi connectivity index (χ3n) is 4.20. The molecule has 1 aromatic carbocycles. The smallest absolute Gasteiger partial charge is 0.169 e. The van der Waals surface area contributed by atoms with Crippen LogP contribution in [0.15, 0.2) is 35.7 Å². The minimum Gasteiger partial charge on any atom is -0.482 e. The van der Waals surface area contributed by atoms with E-state index in [1.807, 2.05) is 31.2 Å². The second-order valence-electron chi connectivity index (χ2n) is 5.90. The van der Waals surface area contributed by atoms with Gasteiger partial charge in [0.2, 0.25) is 0 Å². The van der Waals surface area contributed by atoms with Gasteiger partial charge in [0.05, 0.1) is 18.8 Å². The molecule has 0 bridgehead atoms. The van der Waals surface area contributed by atoms with E-state index in [0.717, 1.165) is 29.5 Å². The van der Waals surface area contributed by atoms with Crippen LogP contribution in [0, 0.1) is 0 Å². The largest absolute Gasteiger partial charge is 0.482 e. The van der Waals surface area contributed by atoms with Gasteiger partial charge >= 0.3 is 0 Å². The number of ether oxygens (including phenoxy) is 2. The molecule has 120 valence electrons. The van der Waals surface area contributed by atoms with E-state index in [-0.39, 0.29) is 0 Å². The summed E-state index contributed by atoms with van der Waals surface area (Å²) < 4.78 is 11.5. The molecule has 2 aliphatic rings. The molecule has 0 saturated carbocycles. The van der Waals surface area contributed by atoms with Crippen molar-refractivity contribution in [3.63, 3.8) is 0 Å². The van der Waals surface area contributed by atoms with Crippen molar-refractivity contribution in [2.24, 2.45) is 0 Å². The zero-order chi connectivity index (χ0) is 15.2. The van der Waals surface area contributed by atoms with Crippen LogP contribution >= 0.6 is 0 Å². The van der Waals surface area contributed by atoms with Gasteiger partial charge in [0.15, 0.2) is 17.3 Å². The summed E-state index contributed by atoms with van der Waals surface area (Å²) in [5, 5.41) is 0. The average Bonchev–Trinajstić information content (AvgIpc) is 2.59. The third-order valence-corrected chi connectivity index (χ3v) is 4.20. The maximum absolute atomic E-state index is 5.85. The molecule has 2 heterocycles. The molecule has 5 heteroatoms. The van der Waals surface area contributed by atoms with E-state index in [2.05, 4.69) is 5.48 Å². The highest BCUT2D eigenvalue weighted by molar-refractivity contribution is 5.42. The van der Waals surface area contributed by atoms with Gasteiger partial charge in [0.1, 0.15) is 19.8 Å². The van der Waals surface area contributed by atoms with Crippen molar-refractivity contribution in [3.05, 3.63) is 35.7 Å². The van der Waals surface area contributed by atoms with Gasteiger partial charge in [-0.2, -0.15) is 0 Å². The van der Waals surface area contributed by atoms with Crippen molar-refractivity contribution < 1.29 is 19.2 Å². The molecule has 0 atom stereocenters. The lowest BCUT2D eigenvalue weighted by Crippen LogP contribution is -3.13. The molecular formula is C17H25N2O3+. The van der Waals surface area contributed by atoms with E-state index >= 15 is 0 Å². The highest BCUT2D eigenvalue weighted by Gasteiger charge is 2.17. The molecule has 1 saturated heterocycles. The number of rotatable bonds is 5. The predicted octanol–water partition coefficient (Wildman–Crippen LogP) is 1.28. The van der Waals surface area contributed by atoms with Gasteiger partial charge < -0.3 is 14.4 Å². The lowest BCUT2D eigenvalue weighted by Gasteiger charge is -2.24. The van der Waals surface area contributed by atoms with Gasteiger partial charge in [0.25, 0.3) is 0 Å². The summed E-state index contributed by atoms with van der Waals surface area (Å²) in [6, 6.07) is 7.69. The average molecular weight is 305 g/mol. The van der Waals surface area contributed by atoms with E-state index in [4.69, 9.17) is 14.3 Å². The Kier molecular flexibility index (Phi) is 5.19. The van der Waals surface area contributed by atoms with Crippen LogP contribution in [0.4, 0.5) is 0 Å². The Hall–Kier alpha value is -1.72. The molecule has 1 fully saturated rings. The lowest BCUT2D eigenvalue weighted by molar-refractivity contribution is -0.905. The van der Waals surface area contributed by atoms with E-state index in [1.165, 1.54) is 32.4 Å². The molecule has 0 aromatic heterocycles. The number of nitrogens with one attached hydrogen (secondary N) is 2. The first-order chi connectivity index (χ1) is 10.8. The Morgan fingerprint density at radius 1 is 1.18 bits per heavy atom. The molecule has 2 N–H and O–H groups in total. The molecule has 3 rings (SSSR count). The number of fused-ring (bicyclic) bond motifs is 1. The van der Waals surface area contributed by atoms with Crippen LogP contribution in [-0.4, -0.2) is 32.8 Å². The van der Waals surface area contributed by atoms with Crippen LogP contribution in [0.1, 0.15) is 26.2 Å². The number of likely N-dealkylation sites (tertiary alicyclic amines) is 1. The van der Waals surface area contributed by atoms with Crippen molar-refractivity contribution >= 4 is 0 Å². The topological polar surface area (TPSA) is 44.2 Å². The number of piperidine rings is 1. The number of hydrogen-bond donors (Lipinski definition) is 2. The van der Waals surface area contributed by atoms with Gasteiger partial charge in [-0.1, -0.05) is 12.1 Å². The Bertz CT molecular complexity index is 524. The fraction of sp³-hybridized carbons (Fsp3) is 0.529. The molecule has 0 amide bonds. The highest BCUT2D eigenvalue weighted by atomic mass is 16.6. The summed E-state index contributed by atoms with van der Waals surface area (Å²) in [6.45, 7) is 6.68. The van der Waals surface area contributed by atoms with Gasteiger partial charge in [-0.15, -0.1) is 0 Å². The van der Waals surface area contributed by atoms with E-state index in [9.17, 15) is 0 Å². The van der Waals surface area contributed by atoms with Gasteiger partial charge in [-0.3, -0.25) is 10.3 Å². The summed E-state index contributed by atoms with van der Waals surface area (Å²) in [4.78, 5) is 7.22. The van der Waals surface area contributed by atoms with Crippen molar-refractivity contribution in [2.45, 2.75) is 26.2 Å². The number of quaternary nitrogens is 1. The molecular weight excluding hydrogens is 280 g/mol. The normalized spacial score (nSPS) is 20.6. The number of hydroxylamine groups is 1. The first kappa shape index (κ1) is 15.2. The van der Waals surface area contributed by atoms with E-state index in [1.54, 1.807) is 4.90 Å². The van der Waals surface area contributed by atoms with Crippen molar-refractivity contribution in [1.82, 2.24) is 5.48 Å². The monoisotopic (exact) mass is 305 g/mol.